The predicted molar refractivity (Wildman–Crippen MR) is 88.2 cm³/mol. The Balaban J connectivity index is 1.78. The second-order valence-electron chi connectivity index (χ2n) is 4.94. The molecule has 2 aromatic carbocycles. The minimum Gasteiger partial charge on any atom is -0.497 e. The third kappa shape index (κ3) is 4.94. The van der Waals surface area contributed by atoms with Gasteiger partial charge in [-0.2, -0.15) is 0 Å². The number of rotatable bonds is 7. The highest BCUT2D eigenvalue weighted by Crippen LogP contribution is 2.22. The van der Waals surface area contributed by atoms with Gasteiger partial charge in [-0.3, -0.25) is 4.79 Å². The molecule has 21 heavy (non-hydrogen) atoms. The lowest BCUT2D eigenvalue weighted by Crippen LogP contribution is -2.03. The molecule has 0 spiro atoms. The van der Waals surface area contributed by atoms with Crippen molar-refractivity contribution in [3.8, 4) is 5.75 Å². The summed E-state index contributed by atoms with van der Waals surface area (Å²) >= 11 is 1.63. The van der Waals surface area contributed by atoms with E-state index < -0.39 is 0 Å². The number of thioether (sulfide) groups is 1. The quantitative estimate of drug-likeness (QED) is 0.713. The van der Waals surface area contributed by atoms with E-state index in [1.807, 2.05) is 36.4 Å². The van der Waals surface area contributed by atoms with Gasteiger partial charge < -0.3 is 4.74 Å². The summed E-state index contributed by atoms with van der Waals surface area (Å²) in [6.45, 7) is 2.07. The normalized spacial score (nSPS) is 10.4. The summed E-state index contributed by atoms with van der Waals surface area (Å²) in [6, 6.07) is 16.1. The maximum Gasteiger partial charge on any atom is 0.143 e. The van der Waals surface area contributed by atoms with Crippen LogP contribution in [0.1, 0.15) is 17.5 Å². The number of Topliss-reactive ketones (excluding diaryl/α,β-unsaturated/α-hetero) is 1. The Labute approximate surface area is 130 Å². The molecule has 0 aliphatic heterocycles. The number of hydrogen-bond acceptors (Lipinski definition) is 3. The Morgan fingerprint density at radius 2 is 1.81 bits per heavy atom. The van der Waals surface area contributed by atoms with Gasteiger partial charge >= 0.3 is 0 Å². The first-order valence-electron chi connectivity index (χ1n) is 7.02. The zero-order valence-electron chi connectivity index (χ0n) is 12.5. The molecule has 0 bridgehead atoms. The molecule has 2 aromatic rings. The molecule has 3 heteroatoms. The fraction of sp³-hybridized carbons (Fsp3) is 0.278. The Morgan fingerprint density at radius 1 is 1.10 bits per heavy atom. The van der Waals surface area contributed by atoms with Crippen molar-refractivity contribution in [2.45, 2.75) is 24.7 Å². The number of ether oxygens (including phenoxy) is 1. The largest absolute Gasteiger partial charge is 0.497 e. The monoisotopic (exact) mass is 300 g/mol. The first kappa shape index (κ1) is 15.6. The van der Waals surface area contributed by atoms with Gasteiger partial charge in [0.25, 0.3) is 0 Å². The van der Waals surface area contributed by atoms with Crippen molar-refractivity contribution in [2.75, 3.05) is 12.9 Å². The van der Waals surface area contributed by atoms with Crippen LogP contribution in [0, 0.1) is 6.92 Å². The fourth-order valence-electron chi connectivity index (χ4n) is 2.02. The van der Waals surface area contributed by atoms with Crippen LogP contribution in [0.25, 0.3) is 0 Å². The highest BCUT2D eigenvalue weighted by atomic mass is 32.2. The van der Waals surface area contributed by atoms with Crippen LogP contribution >= 0.6 is 11.8 Å². The Morgan fingerprint density at radius 3 is 2.48 bits per heavy atom. The molecule has 0 N–H and O–H groups in total. The van der Waals surface area contributed by atoms with E-state index >= 15 is 0 Å². The fourth-order valence-corrected chi connectivity index (χ4v) is 2.96. The molecule has 0 aromatic heterocycles. The second kappa shape index (κ2) is 7.89. The zero-order chi connectivity index (χ0) is 15.1. The summed E-state index contributed by atoms with van der Waals surface area (Å²) in [5, 5.41) is 0. The Hall–Kier alpha value is -1.74. The molecule has 0 fully saturated rings. The van der Waals surface area contributed by atoms with E-state index in [9.17, 15) is 4.79 Å². The second-order valence-corrected chi connectivity index (χ2v) is 5.96. The van der Waals surface area contributed by atoms with Crippen molar-refractivity contribution in [3.63, 3.8) is 0 Å². The molecule has 0 aliphatic carbocycles. The number of ketones is 1. The molecule has 2 rings (SSSR count). The van der Waals surface area contributed by atoms with Crippen LogP contribution in [-0.2, 0) is 11.2 Å². The van der Waals surface area contributed by atoms with E-state index in [4.69, 9.17) is 4.74 Å². The van der Waals surface area contributed by atoms with Crippen LogP contribution in [0.3, 0.4) is 0 Å². The summed E-state index contributed by atoms with van der Waals surface area (Å²) in [6.07, 6.45) is 1.38. The van der Waals surface area contributed by atoms with E-state index in [1.165, 1.54) is 16.0 Å². The molecule has 0 radical (unpaired) electrons. The van der Waals surface area contributed by atoms with Gasteiger partial charge in [-0.25, -0.2) is 0 Å². The summed E-state index contributed by atoms with van der Waals surface area (Å²) in [4.78, 5) is 13.2. The van der Waals surface area contributed by atoms with Gasteiger partial charge in [0.2, 0.25) is 0 Å². The molecule has 0 aliphatic rings. The molecular weight excluding hydrogens is 280 g/mol. The predicted octanol–water partition coefficient (Wildman–Crippen LogP) is 4.30. The lowest BCUT2D eigenvalue weighted by molar-refractivity contribution is -0.116. The first-order valence-corrected chi connectivity index (χ1v) is 8.00. The van der Waals surface area contributed by atoms with E-state index in [0.717, 1.165) is 12.2 Å². The summed E-state index contributed by atoms with van der Waals surface area (Å²) in [5.41, 5.74) is 2.40. The minimum absolute atomic E-state index is 0.291. The number of methoxy groups -OCH3 is 1. The minimum atomic E-state index is 0.291. The highest BCUT2D eigenvalue weighted by molar-refractivity contribution is 8.00. The SMILES string of the molecule is COc1ccc(CCC(=O)CSc2ccccc2C)cc1. The third-order valence-corrected chi connectivity index (χ3v) is 4.57. The van der Waals surface area contributed by atoms with Crippen molar-refractivity contribution >= 4 is 17.5 Å². The molecule has 0 saturated heterocycles. The molecule has 0 heterocycles. The number of benzene rings is 2. The van der Waals surface area contributed by atoms with Crippen molar-refractivity contribution < 1.29 is 9.53 Å². The standard InChI is InChI=1S/C18H20O2S/c1-14-5-3-4-6-18(14)21-13-16(19)10-7-15-8-11-17(20-2)12-9-15/h3-6,8-9,11-12H,7,10,13H2,1-2H3. The molecule has 0 amide bonds. The van der Waals surface area contributed by atoms with Crippen LogP contribution < -0.4 is 4.74 Å². The van der Waals surface area contributed by atoms with Crippen LogP contribution in [0.15, 0.2) is 53.4 Å². The van der Waals surface area contributed by atoms with Gasteiger partial charge in [0.05, 0.1) is 12.9 Å². The summed E-state index contributed by atoms with van der Waals surface area (Å²) in [7, 11) is 1.65. The first-order chi connectivity index (χ1) is 10.2. The summed E-state index contributed by atoms with van der Waals surface area (Å²) < 4.78 is 5.12. The summed E-state index contributed by atoms with van der Waals surface area (Å²) in [5.74, 6) is 1.68. The van der Waals surface area contributed by atoms with Gasteiger partial charge in [0, 0.05) is 11.3 Å². The average Bonchev–Trinajstić information content (AvgIpc) is 2.52. The highest BCUT2D eigenvalue weighted by Gasteiger charge is 2.05. The number of carbonyl (C=O) groups is 1. The van der Waals surface area contributed by atoms with Gasteiger partial charge in [-0.15, -0.1) is 11.8 Å². The molecule has 0 unspecified atom stereocenters. The van der Waals surface area contributed by atoms with Crippen molar-refractivity contribution in [1.29, 1.82) is 0 Å². The number of carbonyl (C=O) groups excluding carboxylic acids is 1. The van der Waals surface area contributed by atoms with E-state index in [2.05, 4.69) is 19.1 Å². The van der Waals surface area contributed by atoms with E-state index in [-0.39, 0.29) is 0 Å². The van der Waals surface area contributed by atoms with Crippen molar-refractivity contribution in [1.82, 2.24) is 0 Å². The third-order valence-electron chi connectivity index (χ3n) is 3.33. The van der Waals surface area contributed by atoms with Crippen LogP contribution in [0.2, 0.25) is 0 Å². The van der Waals surface area contributed by atoms with Gasteiger partial charge in [-0.1, -0.05) is 30.3 Å². The van der Waals surface area contributed by atoms with Crippen LogP contribution in [-0.4, -0.2) is 18.6 Å². The number of aryl methyl sites for hydroxylation is 2. The van der Waals surface area contributed by atoms with Crippen LogP contribution in [0.5, 0.6) is 5.75 Å². The Bertz CT molecular complexity index is 590. The molecular formula is C18H20O2S. The molecule has 0 atom stereocenters. The molecule has 0 saturated carbocycles. The van der Waals surface area contributed by atoms with Gasteiger partial charge in [0.1, 0.15) is 11.5 Å². The van der Waals surface area contributed by atoms with E-state index in [0.29, 0.717) is 18.0 Å². The van der Waals surface area contributed by atoms with Crippen LogP contribution in [0.4, 0.5) is 0 Å². The van der Waals surface area contributed by atoms with Gasteiger partial charge in [-0.05, 0) is 42.7 Å². The van der Waals surface area contributed by atoms with Gasteiger partial charge in [0.15, 0.2) is 0 Å². The maximum atomic E-state index is 12.0. The maximum absolute atomic E-state index is 12.0. The topological polar surface area (TPSA) is 26.3 Å². The molecule has 110 valence electrons. The number of hydrogen-bond donors (Lipinski definition) is 0. The average molecular weight is 300 g/mol. The van der Waals surface area contributed by atoms with Crippen molar-refractivity contribution in [2.24, 2.45) is 0 Å². The zero-order valence-corrected chi connectivity index (χ0v) is 13.3. The lowest BCUT2D eigenvalue weighted by Gasteiger charge is -2.05. The Kier molecular flexibility index (Phi) is 5.88. The van der Waals surface area contributed by atoms with E-state index in [1.54, 1.807) is 18.9 Å². The lowest BCUT2D eigenvalue weighted by atomic mass is 10.1. The smallest absolute Gasteiger partial charge is 0.143 e. The van der Waals surface area contributed by atoms with Crippen molar-refractivity contribution in [3.05, 3.63) is 59.7 Å². The molecule has 2 nitrogen and oxygen atoms in total.